The summed E-state index contributed by atoms with van der Waals surface area (Å²) in [6, 6.07) is 9.78. The smallest absolute Gasteiger partial charge is 0.343 e. The molecule has 0 aliphatic carbocycles. The van der Waals surface area contributed by atoms with Gasteiger partial charge in [0.2, 0.25) is 5.91 Å². The van der Waals surface area contributed by atoms with E-state index in [1.807, 2.05) is 0 Å². The normalized spacial score (nSPS) is 14.4. The van der Waals surface area contributed by atoms with Crippen molar-refractivity contribution in [2.75, 3.05) is 28.2 Å². The number of alkyl halides is 3. The largest absolute Gasteiger partial charge is 0.417 e. The summed E-state index contributed by atoms with van der Waals surface area (Å²) in [6.07, 6.45) is -1.49. The minimum atomic E-state index is -4.79. The van der Waals surface area contributed by atoms with E-state index < -0.39 is 41.0 Å². The number of nitriles is 1. The van der Waals surface area contributed by atoms with Crippen molar-refractivity contribution in [2.45, 2.75) is 32.0 Å². The van der Waals surface area contributed by atoms with E-state index in [4.69, 9.17) is 0 Å². The number of hydrogen-bond acceptors (Lipinski definition) is 6. The predicted molar refractivity (Wildman–Crippen MR) is 148 cm³/mol. The van der Waals surface area contributed by atoms with Crippen LogP contribution < -0.4 is 15.1 Å². The summed E-state index contributed by atoms with van der Waals surface area (Å²) < 4.78 is 55.0. The molecule has 0 bridgehead atoms. The molecule has 1 N–H and O–H groups in total. The first-order chi connectivity index (χ1) is 20.0. The van der Waals surface area contributed by atoms with Crippen LogP contribution in [-0.4, -0.2) is 40.9 Å². The second-order valence-electron chi connectivity index (χ2n) is 9.30. The van der Waals surface area contributed by atoms with Crippen LogP contribution in [0.4, 0.5) is 34.9 Å². The molecule has 1 fully saturated rings. The SMILES string of the molecule is C=CC(=O)Nc1cc(C#CCN(C(=O)[C@@H]2CCCN2c2nc(C)cc(C(F)(F)F)c2C#N)c2ccc(F)cc2)ccn1. The number of pyridine rings is 2. The second kappa shape index (κ2) is 12.5. The Hall–Kier alpha value is -5.23. The maximum Gasteiger partial charge on any atom is 0.417 e. The quantitative estimate of drug-likeness (QED) is 0.252. The number of anilines is 3. The first-order valence-corrected chi connectivity index (χ1v) is 12.7. The van der Waals surface area contributed by atoms with Crippen molar-refractivity contribution >= 4 is 29.1 Å². The predicted octanol–water partition coefficient (Wildman–Crippen LogP) is 4.99. The molecule has 3 heterocycles. The van der Waals surface area contributed by atoms with Crippen molar-refractivity contribution < 1.29 is 27.2 Å². The molecule has 0 unspecified atom stereocenters. The van der Waals surface area contributed by atoms with Gasteiger partial charge >= 0.3 is 6.18 Å². The monoisotopic (exact) mass is 576 g/mol. The summed E-state index contributed by atoms with van der Waals surface area (Å²) in [5.74, 6) is 4.36. The van der Waals surface area contributed by atoms with Crippen LogP contribution >= 0.6 is 0 Å². The van der Waals surface area contributed by atoms with Crippen molar-refractivity contribution in [1.29, 1.82) is 5.26 Å². The van der Waals surface area contributed by atoms with Crippen LogP contribution in [0.2, 0.25) is 0 Å². The van der Waals surface area contributed by atoms with Crippen molar-refractivity contribution in [1.82, 2.24) is 9.97 Å². The fourth-order valence-corrected chi connectivity index (χ4v) is 4.55. The Bertz CT molecular complexity index is 1620. The molecule has 8 nitrogen and oxygen atoms in total. The van der Waals surface area contributed by atoms with Gasteiger partial charge in [-0.2, -0.15) is 18.4 Å². The van der Waals surface area contributed by atoms with E-state index in [-0.39, 0.29) is 30.4 Å². The molecule has 1 aromatic carbocycles. The van der Waals surface area contributed by atoms with Crippen LogP contribution in [0.1, 0.15) is 35.2 Å². The molecule has 214 valence electrons. The maximum atomic E-state index is 14.0. The highest BCUT2D eigenvalue weighted by atomic mass is 19.4. The number of nitrogens with one attached hydrogen (secondary N) is 1. The first kappa shape index (κ1) is 29.7. The van der Waals surface area contributed by atoms with Crippen LogP contribution in [0.25, 0.3) is 0 Å². The minimum Gasteiger partial charge on any atom is -0.343 e. The van der Waals surface area contributed by atoms with Gasteiger partial charge in [-0.1, -0.05) is 18.4 Å². The van der Waals surface area contributed by atoms with Gasteiger partial charge < -0.3 is 10.2 Å². The standard InChI is InChI=1S/C30H24F4N6O2/c1-3-27(41)38-26-17-20(12-13-36-26)6-4-14-39(22-10-8-21(31)9-11-22)29(42)25-7-5-15-40(25)28-23(18-35)24(30(32,33)34)16-19(2)37-28/h3,8-13,16-17,25H,1,5,7,14-15H2,2H3,(H,36,38,41)/t25-/m0/s1. The molecule has 1 atom stereocenters. The highest BCUT2D eigenvalue weighted by Crippen LogP contribution is 2.38. The molecule has 0 radical (unpaired) electrons. The lowest BCUT2D eigenvalue weighted by molar-refractivity contribution is -0.137. The molecule has 12 heteroatoms. The number of aryl methyl sites for hydroxylation is 1. The van der Waals surface area contributed by atoms with Gasteiger partial charge in [0.25, 0.3) is 5.91 Å². The van der Waals surface area contributed by atoms with Crippen molar-refractivity contribution in [3.05, 3.63) is 89.5 Å². The molecular formula is C30H24F4N6O2. The number of nitrogens with zero attached hydrogens (tertiary/aromatic N) is 5. The van der Waals surface area contributed by atoms with E-state index in [1.165, 1.54) is 53.3 Å². The zero-order valence-electron chi connectivity index (χ0n) is 22.4. The number of halogens is 4. The Morgan fingerprint density at radius 3 is 2.64 bits per heavy atom. The Kier molecular flexibility index (Phi) is 8.87. The van der Waals surface area contributed by atoms with Crippen LogP contribution in [0.3, 0.4) is 0 Å². The van der Waals surface area contributed by atoms with Crippen molar-refractivity contribution in [3.63, 3.8) is 0 Å². The van der Waals surface area contributed by atoms with Crippen LogP contribution in [-0.2, 0) is 15.8 Å². The molecule has 1 aliphatic rings. The topological polar surface area (TPSA) is 102 Å². The lowest BCUT2D eigenvalue weighted by Crippen LogP contribution is -2.47. The molecule has 1 saturated heterocycles. The molecule has 0 spiro atoms. The Labute approximate surface area is 239 Å². The lowest BCUT2D eigenvalue weighted by atomic mass is 10.1. The van der Waals surface area contributed by atoms with E-state index in [0.717, 1.165) is 12.1 Å². The van der Waals surface area contributed by atoms with Gasteiger partial charge in [-0.25, -0.2) is 14.4 Å². The maximum absolute atomic E-state index is 14.0. The minimum absolute atomic E-state index is 0.0525. The molecule has 4 rings (SSSR count). The third-order valence-electron chi connectivity index (χ3n) is 6.43. The fraction of sp³-hybridized carbons (Fsp3) is 0.233. The average molecular weight is 577 g/mol. The molecule has 3 aromatic rings. The molecular weight excluding hydrogens is 552 g/mol. The van der Waals surface area contributed by atoms with Crippen LogP contribution in [0, 0.1) is 35.9 Å². The van der Waals surface area contributed by atoms with E-state index >= 15 is 0 Å². The zero-order chi connectivity index (χ0) is 30.4. The Morgan fingerprint density at radius 2 is 1.98 bits per heavy atom. The number of carbonyl (C=O) groups is 2. The highest BCUT2D eigenvalue weighted by Gasteiger charge is 2.40. The molecule has 2 amide bonds. The number of hydrogen-bond donors (Lipinski definition) is 1. The van der Waals surface area contributed by atoms with Gasteiger partial charge in [0.05, 0.1) is 12.1 Å². The summed E-state index contributed by atoms with van der Waals surface area (Å²) in [5.41, 5.74) is -0.909. The van der Waals surface area contributed by atoms with Crippen molar-refractivity contribution in [2.24, 2.45) is 0 Å². The number of carbonyl (C=O) groups excluding carboxylic acids is 2. The molecule has 2 aromatic heterocycles. The van der Waals surface area contributed by atoms with Gasteiger partial charge in [-0.05, 0) is 68.3 Å². The average Bonchev–Trinajstić information content (AvgIpc) is 3.45. The van der Waals surface area contributed by atoms with E-state index in [9.17, 15) is 32.4 Å². The summed E-state index contributed by atoms with van der Waals surface area (Å²) in [5, 5.41) is 12.2. The van der Waals surface area contributed by atoms with Gasteiger partial charge in [-0.3, -0.25) is 14.5 Å². The Morgan fingerprint density at radius 1 is 1.24 bits per heavy atom. The van der Waals surface area contributed by atoms with E-state index in [0.29, 0.717) is 24.1 Å². The van der Waals surface area contributed by atoms with E-state index in [2.05, 4.69) is 33.7 Å². The molecule has 0 saturated carbocycles. The first-order valence-electron chi connectivity index (χ1n) is 12.7. The molecule has 1 aliphatic heterocycles. The number of benzene rings is 1. The van der Waals surface area contributed by atoms with Gasteiger partial charge in [-0.15, -0.1) is 0 Å². The summed E-state index contributed by atoms with van der Waals surface area (Å²) in [4.78, 5) is 36.5. The third-order valence-corrected chi connectivity index (χ3v) is 6.43. The van der Waals surface area contributed by atoms with Gasteiger partial charge in [0, 0.05) is 29.7 Å². The number of aromatic nitrogens is 2. The fourth-order valence-electron chi connectivity index (χ4n) is 4.55. The van der Waals surface area contributed by atoms with E-state index in [1.54, 1.807) is 12.1 Å². The van der Waals surface area contributed by atoms with Crippen molar-refractivity contribution in [3.8, 4) is 17.9 Å². The highest BCUT2D eigenvalue weighted by molar-refractivity contribution is 6.00. The van der Waals surface area contributed by atoms with Gasteiger partial charge in [0.1, 0.15) is 35.1 Å². The van der Waals surface area contributed by atoms with Crippen LogP contribution in [0.15, 0.2) is 61.3 Å². The molecule has 42 heavy (non-hydrogen) atoms. The summed E-state index contributed by atoms with van der Waals surface area (Å²) >= 11 is 0. The van der Waals surface area contributed by atoms with Crippen LogP contribution in [0.5, 0.6) is 0 Å². The Balaban J connectivity index is 1.68. The number of amides is 2. The van der Waals surface area contributed by atoms with Gasteiger partial charge in [0.15, 0.2) is 0 Å². The second-order valence-corrected chi connectivity index (χ2v) is 9.30. The summed E-state index contributed by atoms with van der Waals surface area (Å²) in [7, 11) is 0. The number of rotatable bonds is 6. The third kappa shape index (κ3) is 6.73. The summed E-state index contributed by atoms with van der Waals surface area (Å²) in [6.45, 7) is 4.83. The zero-order valence-corrected chi connectivity index (χ0v) is 22.4. The lowest BCUT2D eigenvalue weighted by Gasteiger charge is -2.31.